The first kappa shape index (κ1) is 30.9. The first-order valence-electron chi connectivity index (χ1n) is 12.0. The quantitative estimate of drug-likeness (QED) is 0.429. The van der Waals surface area contributed by atoms with E-state index in [-0.39, 0.29) is 18.5 Å². The zero-order valence-electron chi connectivity index (χ0n) is 22.4. The molecular formula is C26H36Cl2N4O4S. The lowest BCUT2D eigenvalue weighted by molar-refractivity contribution is -0.139. The van der Waals surface area contributed by atoms with Crippen LogP contribution in [0.15, 0.2) is 36.4 Å². The number of nitrogens with zero attached hydrogens (tertiary/aromatic N) is 3. The summed E-state index contributed by atoms with van der Waals surface area (Å²) in [5.41, 5.74) is 2.38. The molecule has 2 rings (SSSR count). The summed E-state index contributed by atoms with van der Waals surface area (Å²) < 4.78 is 28.9. The van der Waals surface area contributed by atoms with Gasteiger partial charge in [0.2, 0.25) is 11.8 Å². The van der Waals surface area contributed by atoms with Crippen molar-refractivity contribution in [1.82, 2.24) is 14.5 Å². The van der Waals surface area contributed by atoms with Gasteiger partial charge in [0.1, 0.15) is 12.6 Å². The van der Waals surface area contributed by atoms with Crippen molar-refractivity contribution in [2.45, 2.75) is 59.7 Å². The standard InChI is InChI=1S/C26H36Cl2N4O4S/c1-8-19(4)29-26(34)20(5)31(15-21-22(27)10-9-11-23(21)28)25(33)16-32(37(35,36)30(6)7)24-14-17(2)12-13-18(24)3/h9-14,19-20H,8,15-16H2,1-7H3,(H,29,34). The fourth-order valence-electron chi connectivity index (χ4n) is 3.59. The van der Waals surface area contributed by atoms with Crippen molar-refractivity contribution in [3.05, 3.63) is 63.1 Å². The number of anilines is 1. The van der Waals surface area contributed by atoms with Crippen molar-refractivity contribution in [1.29, 1.82) is 0 Å². The van der Waals surface area contributed by atoms with E-state index < -0.39 is 28.7 Å². The van der Waals surface area contributed by atoms with Crippen molar-refractivity contribution in [2.75, 3.05) is 24.9 Å². The minimum Gasteiger partial charge on any atom is -0.352 e. The summed E-state index contributed by atoms with van der Waals surface area (Å²) in [6.45, 7) is 8.44. The number of halogens is 2. The van der Waals surface area contributed by atoms with Crippen molar-refractivity contribution in [3.63, 3.8) is 0 Å². The molecule has 0 bridgehead atoms. The molecule has 11 heteroatoms. The molecule has 2 unspecified atom stereocenters. The van der Waals surface area contributed by atoms with Crippen LogP contribution in [0.2, 0.25) is 10.0 Å². The number of carbonyl (C=O) groups excluding carboxylic acids is 2. The average molecular weight is 572 g/mol. The maximum absolute atomic E-state index is 13.9. The highest BCUT2D eigenvalue weighted by atomic mass is 35.5. The van der Waals surface area contributed by atoms with E-state index in [1.54, 1.807) is 44.2 Å². The second-order valence-electron chi connectivity index (χ2n) is 9.30. The molecule has 0 fully saturated rings. The molecule has 37 heavy (non-hydrogen) atoms. The molecule has 0 aliphatic carbocycles. The Hall–Kier alpha value is -2.33. The highest BCUT2D eigenvalue weighted by Gasteiger charge is 2.34. The molecule has 0 spiro atoms. The number of benzene rings is 2. The van der Waals surface area contributed by atoms with Gasteiger partial charge in [-0.05, 0) is 63.4 Å². The summed E-state index contributed by atoms with van der Waals surface area (Å²) in [5, 5.41) is 3.57. The van der Waals surface area contributed by atoms with Crippen molar-refractivity contribution >= 4 is 50.9 Å². The van der Waals surface area contributed by atoms with Gasteiger partial charge in [0.15, 0.2) is 0 Å². The Morgan fingerprint density at radius 2 is 1.62 bits per heavy atom. The third-order valence-electron chi connectivity index (χ3n) is 6.21. The van der Waals surface area contributed by atoms with Crippen LogP contribution < -0.4 is 9.62 Å². The van der Waals surface area contributed by atoms with Crippen LogP contribution in [0.25, 0.3) is 0 Å². The van der Waals surface area contributed by atoms with E-state index in [4.69, 9.17) is 23.2 Å². The van der Waals surface area contributed by atoms with Gasteiger partial charge in [-0.25, -0.2) is 4.31 Å². The van der Waals surface area contributed by atoms with Crippen LogP contribution in [0.5, 0.6) is 0 Å². The fraction of sp³-hybridized carbons (Fsp3) is 0.462. The molecule has 2 atom stereocenters. The van der Waals surface area contributed by atoms with E-state index in [2.05, 4.69) is 5.32 Å². The Bertz CT molecular complexity index is 1220. The zero-order chi connectivity index (χ0) is 28.1. The third kappa shape index (κ3) is 7.60. The van der Waals surface area contributed by atoms with E-state index in [1.165, 1.54) is 19.0 Å². The van der Waals surface area contributed by atoms with Crippen LogP contribution in [-0.4, -0.2) is 62.2 Å². The van der Waals surface area contributed by atoms with Gasteiger partial charge < -0.3 is 10.2 Å². The maximum Gasteiger partial charge on any atom is 0.304 e. The molecule has 1 N–H and O–H groups in total. The molecule has 0 aliphatic heterocycles. The van der Waals surface area contributed by atoms with Crippen LogP contribution in [0.1, 0.15) is 43.9 Å². The number of rotatable bonds is 11. The van der Waals surface area contributed by atoms with Gasteiger partial charge in [-0.3, -0.25) is 9.59 Å². The Kier molecular flexibility index (Phi) is 10.8. The average Bonchev–Trinajstić information content (AvgIpc) is 2.83. The predicted octanol–water partition coefficient (Wildman–Crippen LogP) is 4.56. The second kappa shape index (κ2) is 13.0. The largest absolute Gasteiger partial charge is 0.352 e. The van der Waals surface area contributed by atoms with Crippen LogP contribution in [0.4, 0.5) is 5.69 Å². The van der Waals surface area contributed by atoms with Gasteiger partial charge in [-0.15, -0.1) is 0 Å². The Labute approximate surface area is 230 Å². The zero-order valence-corrected chi connectivity index (χ0v) is 24.7. The number of amides is 2. The first-order valence-corrected chi connectivity index (χ1v) is 14.2. The summed E-state index contributed by atoms with van der Waals surface area (Å²) >= 11 is 12.8. The monoisotopic (exact) mass is 570 g/mol. The minimum absolute atomic E-state index is 0.0743. The molecule has 0 heterocycles. The molecule has 2 aromatic carbocycles. The lowest BCUT2D eigenvalue weighted by Crippen LogP contribution is -2.53. The summed E-state index contributed by atoms with van der Waals surface area (Å²) in [4.78, 5) is 28.2. The lowest BCUT2D eigenvalue weighted by Gasteiger charge is -2.34. The summed E-state index contributed by atoms with van der Waals surface area (Å²) in [6.07, 6.45) is 0.713. The molecule has 204 valence electrons. The molecule has 8 nitrogen and oxygen atoms in total. The normalized spacial score (nSPS) is 13.2. The Morgan fingerprint density at radius 1 is 1.03 bits per heavy atom. The predicted molar refractivity (Wildman–Crippen MR) is 150 cm³/mol. The summed E-state index contributed by atoms with van der Waals surface area (Å²) in [7, 11) is -1.24. The first-order chi connectivity index (χ1) is 17.2. The molecule has 2 amide bonds. The number of hydrogen-bond acceptors (Lipinski definition) is 4. The van der Waals surface area contributed by atoms with Crippen molar-refractivity contribution < 1.29 is 18.0 Å². The van der Waals surface area contributed by atoms with E-state index in [0.717, 1.165) is 14.2 Å². The molecule has 0 saturated carbocycles. The number of aryl methyl sites for hydroxylation is 2. The Morgan fingerprint density at radius 3 is 2.16 bits per heavy atom. The molecule has 0 aliphatic rings. The number of hydrogen-bond donors (Lipinski definition) is 1. The van der Waals surface area contributed by atoms with Gasteiger partial charge in [-0.2, -0.15) is 12.7 Å². The van der Waals surface area contributed by atoms with Crippen LogP contribution in [0, 0.1) is 13.8 Å². The highest BCUT2D eigenvalue weighted by Crippen LogP contribution is 2.28. The van der Waals surface area contributed by atoms with Gasteiger partial charge in [0.05, 0.1) is 5.69 Å². The van der Waals surface area contributed by atoms with Gasteiger partial charge >= 0.3 is 10.2 Å². The van der Waals surface area contributed by atoms with Gasteiger partial charge in [-0.1, -0.05) is 48.3 Å². The third-order valence-corrected chi connectivity index (χ3v) is 8.72. The summed E-state index contributed by atoms with van der Waals surface area (Å²) in [5.74, 6) is -0.936. The number of carbonyl (C=O) groups is 2. The molecule has 2 aromatic rings. The van der Waals surface area contributed by atoms with Crippen molar-refractivity contribution in [2.24, 2.45) is 0 Å². The van der Waals surface area contributed by atoms with Crippen molar-refractivity contribution in [3.8, 4) is 0 Å². The SMILES string of the molecule is CCC(C)NC(=O)C(C)N(Cc1c(Cl)cccc1Cl)C(=O)CN(c1cc(C)ccc1C)S(=O)(=O)N(C)C. The molecule has 0 radical (unpaired) electrons. The second-order valence-corrected chi connectivity index (χ2v) is 12.2. The summed E-state index contributed by atoms with van der Waals surface area (Å²) in [6, 6.07) is 9.35. The number of nitrogens with one attached hydrogen (secondary N) is 1. The van der Waals surface area contributed by atoms with E-state index in [9.17, 15) is 18.0 Å². The maximum atomic E-state index is 13.9. The fourth-order valence-corrected chi connectivity index (χ4v) is 5.22. The molecule has 0 aromatic heterocycles. The van der Waals surface area contributed by atoms with Gasteiger partial charge in [0, 0.05) is 42.3 Å². The molecular weight excluding hydrogens is 535 g/mol. The van der Waals surface area contributed by atoms with E-state index >= 15 is 0 Å². The minimum atomic E-state index is -4.05. The highest BCUT2D eigenvalue weighted by molar-refractivity contribution is 7.90. The van der Waals surface area contributed by atoms with Gasteiger partial charge in [0.25, 0.3) is 0 Å². The Balaban J connectivity index is 2.56. The topological polar surface area (TPSA) is 90.0 Å². The molecule has 0 saturated heterocycles. The van der Waals surface area contributed by atoms with E-state index in [1.807, 2.05) is 26.8 Å². The smallest absolute Gasteiger partial charge is 0.304 e. The van der Waals surface area contributed by atoms with Crippen LogP contribution >= 0.6 is 23.2 Å². The van der Waals surface area contributed by atoms with Crippen LogP contribution in [-0.2, 0) is 26.3 Å². The van der Waals surface area contributed by atoms with E-state index in [0.29, 0.717) is 33.3 Å². The lowest BCUT2D eigenvalue weighted by atomic mass is 10.1. The van der Waals surface area contributed by atoms with Crippen LogP contribution in [0.3, 0.4) is 0 Å².